The lowest BCUT2D eigenvalue weighted by Gasteiger charge is -2.25. The first-order chi connectivity index (χ1) is 11.1. The fourth-order valence-corrected chi connectivity index (χ4v) is 3.14. The first kappa shape index (κ1) is 18.3. The molecule has 0 amide bonds. The van der Waals surface area contributed by atoms with Crippen molar-refractivity contribution < 1.29 is 4.74 Å². The average Bonchev–Trinajstić information content (AvgIpc) is 3.31. The van der Waals surface area contributed by atoms with E-state index in [1.807, 2.05) is 13.1 Å². The molecule has 1 aromatic carbocycles. The Labute approximate surface area is 148 Å². The molecule has 128 valence electrons. The van der Waals surface area contributed by atoms with Crippen LogP contribution in [-0.2, 0) is 11.3 Å². The van der Waals surface area contributed by atoms with Gasteiger partial charge in [0.15, 0.2) is 5.96 Å². The Hall–Kier alpha value is -1.07. The van der Waals surface area contributed by atoms with Gasteiger partial charge < -0.3 is 15.0 Å². The van der Waals surface area contributed by atoms with Crippen LogP contribution in [0.4, 0.5) is 0 Å². The lowest BCUT2D eigenvalue weighted by Crippen LogP contribution is -2.41. The Kier molecular flexibility index (Phi) is 6.90. The van der Waals surface area contributed by atoms with E-state index in [-0.39, 0.29) is 0 Å². The third-order valence-corrected chi connectivity index (χ3v) is 5.27. The smallest absolute Gasteiger partial charge is 0.193 e. The van der Waals surface area contributed by atoms with Crippen molar-refractivity contribution in [2.75, 3.05) is 33.9 Å². The van der Waals surface area contributed by atoms with E-state index in [9.17, 15) is 0 Å². The normalized spacial score (nSPS) is 16.3. The van der Waals surface area contributed by atoms with Crippen molar-refractivity contribution in [2.45, 2.75) is 32.7 Å². The quantitative estimate of drug-likeness (QED) is 0.424. The molecule has 2 rings (SSSR count). The van der Waals surface area contributed by atoms with Crippen molar-refractivity contribution in [2.24, 2.45) is 10.4 Å². The van der Waals surface area contributed by atoms with Gasteiger partial charge in [-0.15, -0.1) is 0 Å². The van der Waals surface area contributed by atoms with Gasteiger partial charge in [0.1, 0.15) is 0 Å². The topological polar surface area (TPSA) is 36.9 Å². The van der Waals surface area contributed by atoms with Crippen LogP contribution in [0.5, 0.6) is 0 Å². The number of hydrogen-bond donors (Lipinski definition) is 1. The molecule has 1 N–H and O–H groups in total. The largest absolute Gasteiger partial charge is 0.382 e. The van der Waals surface area contributed by atoms with Crippen molar-refractivity contribution in [1.82, 2.24) is 10.2 Å². The monoisotopic (exact) mass is 381 g/mol. The summed E-state index contributed by atoms with van der Waals surface area (Å²) in [5, 5.41) is 3.54. The number of aliphatic imine (C=N–C) groups is 1. The van der Waals surface area contributed by atoms with E-state index in [4.69, 9.17) is 4.74 Å². The highest BCUT2D eigenvalue weighted by Crippen LogP contribution is 2.48. The van der Waals surface area contributed by atoms with Gasteiger partial charge in [-0.1, -0.05) is 34.1 Å². The molecule has 1 fully saturated rings. The summed E-state index contributed by atoms with van der Waals surface area (Å²) >= 11 is 3.61. The summed E-state index contributed by atoms with van der Waals surface area (Å²) in [6.07, 6.45) is 3.72. The van der Waals surface area contributed by atoms with Gasteiger partial charge in [0.2, 0.25) is 0 Å². The molecule has 0 heterocycles. The van der Waals surface area contributed by atoms with Gasteiger partial charge >= 0.3 is 0 Å². The number of guanidine groups is 1. The molecular formula is C18H28BrN3O. The second kappa shape index (κ2) is 8.69. The molecular weight excluding hydrogens is 354 g/mol. The maximum absolute atomic E-state index is 5.51. The molecule has 0 aromatic heterocycles. The number of ether oxygens (including phenoxy) is 1. The van der Waals surface area contributed by atoms with Crippen LogP contribution in [-0.4, -0.2) is 44.7 Å². The number of rotatable bonds is 8. The predicted molar refractivity (Wildman–Crippen MR) is 99.7 cm³/mol. The van der Waals surface area contributed by atoms with Crippen LogP contribution in [0.1, 0.15) is 31.7 Å². The summed E-state index contributed by atoms with van der Waals surface area (Å²) in [6.45, 7) is 5.53. The molecule has 1 aliphatic rings. The van der Waals surface area contributed by atoms with Gasteiger partial charge in [0.05, 0.1) is 0 Å². The van der Waals surface area contributed by atoms with Crippen molar-refractivity contribution >= 4 is 21.9 Å². The van der Waals surface area contributed by atoms with E-state index < -0.39 is 0 Å². The minimum absolute atomic E-state index is 0.416. The van der Waals surface area contributed by atoms with Gasteiger partial charge in [-0.25, -0.2) is 0 Å². The molecule has 0 atom stereocenters. The second-order valence-corrected chi connectivity index (χ2v) is 7.15. The van der Waals surface area contributed by atoms with E-state index in [1.165, 1.54) is 18.4 Å². The van der Waals surface area contributed by atoms with Crippen molar-refractivity contribution in [3.8, 4) is 0 Å². The van der Waals surface area contributed by atoms with Gasteiger partial charge in [0.25, 0.3) is 0 Å². The molecule has 5 heteroatoms. The number of hydrogen-bond acceptors (Lipinski definition) is 2. The second-order valence-electron chi connectivity index (χ2n) is 6.30. The van der Waals surface area contributed by atoms with Crippen molar-refractivity contribution in [3.05, 3.63) is 34.3 Å². The molecule has 0 unspecified atom stereocenters. The Balaban J connectivity index is 1.84. The molecule has 0 radical (unpaired) electrons. The highest BCUT2D eigenvalue weighted by Gasteiger charge is 2.42. The molecule has 23 heavy (non-hydrogen) atoms. The number of nitrogens with zero attached hydrogens (tertiary/aromatic N) is 2. The molecule has 4 nitrogen and oxygen atoms in total. The first-order valence-electron chi connectivity index (χ1n) is 8.33. The maximum atomic E-state index is 5.51. The van der Waals surface area contributed by atoms with E-state index >= 15 is 0 Å². The Morgan fingerprint density at radius 2 is 2.13 bits per heavy atom. The van der Waals surface area contributed by atoms with Crippen LogP contribution in [0.15, 0.2) is 33.7 Å². The maximum Gasteiger partial charge on any atom is 0.193 e. The summed E-state index contributed by atoms with van der Waals surface area (Å²) in [5.74, 6) is 0.948. The summed E-state index contributed by atoms with van der Waals surface area (Å²) in [7, 11) is 3.92. The minimum Gasteiger partial charge on any atom is -0.382 e. The average molecular weight is 382 g/mol. The zero-order chi connectivity index (χ0) is 16.7. The Morgan fingerprint density at radius 3 is 2.74 bits per heavy atom. The lowest BCUT2D eigenvalue weighted by atomic mass is 10.0. The molecule has 1 aromatic rings. The molecule has 1 saturated carbocycles. The number of nitrogens with one attached hydrogen (secondary N) is 1. The van der Waals surface area contributed by atoms with Crippen molar-refractivity contribution in [1.29, 1.82) is 0 Å². The van der Waals surface area contributed by atoms with E-state index in [1.54, 1.807) is 0 Å². The van der Waals surface area contributed by atoms with E-state index in [2.05, 4.69) is 63.3 Å². The standard InChI is InChI=1S/C18H28BrN3O/c1-4-23-12-11-18(9-10-18)14-21-17(20-2)22(3)13-15-7-5-6-8-16(15)19/h5-8H,4,9-14H2,1-3H3,(H,20,21). The van der Waals surface area contributed by atoms with Crippen LogP contribution in [0, 0.1) is 5.41 Å². The molecule has 0 spiro atoms. The molecule has 0 aliphatic heterocycles. The highest BCUT2D eigenvalue weighted by atomic mass is 79.9. The van der Waals surface area contributed by atoms with Crippen LogP contribution < -0.4 is 5.32 Å². The Morgan fingerprint density at radius 1 is 1.39 bits per heavy atom. The Bertz CT molecular complexity index is 529. The predicted octanol–water partition coefficient (Wildman–Crippen LogP) is 3.66. The fraction of sp³-hybridized carbons (Fsp3) is 0.611. The summed E-state index contributed by atoms with van der Waals surface area (Å²) in [4.78, 5) is 6.59. The fourth-order valence-electron chi connectivity index (χ4n) is 2.73. The summed E-state index contributed by atoms with van der Waals surface area (Å²) < 4.78 is 6.65. The zero-order valence-corrected chi connectivity index (χ0v) is 16.0. The van der Waals surface area contributed by atoms with Crippen LogP contribution in [0.25, 0.3) is 0 Å². The first-order valence-corrected chi connectivity index (χ1v) is 9.12. The van der Waals surface area contributed by atoms with E-state index in [0.717, 1.165) is 43.2 Å². The van der Waals surface area contributed by atoms with Crippen LogP contribution >= 0.6 is 15.9 Å². The summed E-state index contributed by atoms with van der Waals surface area (Å²) in [5.41, 5.74) is 1.68. The number of benzene rings is 1. The third-order valence-electron chi connectivity index (χ3n) is 4.50. The van der Waals surface area contributed by atoms with Gasteiger partial charge in [0, 0.05) is 44.9 Å². The highest BCUT2D eigenvalue weighted by molar-refractivity contribution is 9.10. The van der Waals surface area contributed by atoms with Crippen LogP contribution in [0.3, 0.4) is 0 Å². The molecule has 0 bridgehead atoms. The third kappa shape index (κ3) is 5.50. The SMILES string of the molecule is CCOCCC1(CNC(=NC)N(C)Cc2ccccc2Br)CC1. The van der Waals surface area contributed by atoms with Gasteiger partial charge in [-0.3, -0.25) is 4.99 Å². The van der Waals surface area contributed by atoms with Gasteiger partial charge in [-0.05, 0) is 43.2 Å². The molecule has 0 saturated heterocycles. The molecule has 1 aliphatic carbocycles. The van der Waals surface area contributed by atoms with E-state index in [0.29, 0.717) is 5.41 Å². The van der Waals surface area contributed by atoms with Crippen molar-refractivity contribution in [3.63, 3.8) is 0 Å². The van der Waals surface area contributed by atoms with Crippen LogP contribution in [0.2, 0.25) is 0 Å². The summed E-state index contributed by atoms with van der Waals surface area (Å²) in [6, 6.07) is 8.32. The zero-order valence-electron chi connectivity index (χ0n) is 14.4. The number of halogens is 1. The minimum atomic E-state index is 0.416. The lowest BCUT2D eigenvalue weighted by molar-refractivity contribution is 0.128. The van der Waals surface area contributed by atoms with Gasteiger partial charge in [-0.2, -0.15) is 0 Å².